The summed E-state index contributed by atoms with van der Waals surface area (Å²) in [4.78, 5) is 57.5. The molecule has 1 fully saturated rings. The molecule has 2 atom stereocenters. The fourth-order valence-electron chi connectivity index (χ4n) is 2.37. The maximum atomic E-state index is 12.4. The zero-order chi connectivity index (χ0) is 24.4. The number of carboxylic acids is 1. The number of aliphatic carboxylic acids is 1. The second-order valence-electron chi connectivity index (χ2n) is 7.30. The number of ketones is 1. The molecule has 1 aliphatic rings. The lowest BCUT2D eigenvalue weighted by atomic mass is 9.87. The average Bonchev–Trinajstić information content (AvgIpc) is 2.71. The second kappa shape index (κ2) is 12.9. The van der Waals surface area contributed by atoms with Gasteiger partial charge < -0.3 is 15.7 Å². The summed E-state index contributed by atoms with van der Waals surface area (Å²) >= 11 is 0.838. The third-order valence-corrected chi connectivity index (χ3v) is 6.31. The molecule has 1 saturated heterocycles. The largest absolute Gasteiger partial charge is 0.478 e. The molecule has 1 unspecified atom stereocenters. The molecule has 0 saturated carbocycles. The van der Waals surface area contributed by atoms with E-state index >= 15 is 0 Å². The molecule has 1 aliphatic heterocycles. The van der Waals surface area contributed by atoms with Gasteiger partial charge in [0.05, 0.1) is 13.0 Å². The molecule has 0 radical (unpaired) electrons. The van der Waals surface area contributed by atoms with Crippen molar-refractivity contribution in [3.63, 3.8) is 0 Å². The molecule has 2 amide bonds. The number of thioether (sulfide) groups is 1. The first kappa shape index (κ1) is 28.0. The maximum Gasteiger partial charge on any atom is 0.475 e. The van der Waals surface area contributed by atoms with Gasteiger partial charge in [0.2, 0.25) is 11.8 Å². The number of rotatable bonds is 12. The highest BCUT2D eigenvalue weighted by Gasteiger charge is 2.48. The Bertz CT molecular complexity index is 814. The van der Waals surface area contributed by atoms with Crippen LogP contribution in [-0.2, 0) is 42.1 Å². The normalized spacial score (nSPS) is 22.3. The number of amides is 2. The Hall–Kier alpha value is -2.05. The highest BCUT2D eigenvalue weighted by Crippen LogP contribution is 2.56. The van der Waals surface area contributed by atoms with E-state index in [2.05, 4.69) is 10.6 Å². The standard InChI is InChI=1S/C18H27N2O10PS/c1-18(2)11-29-31(27,28-3)30-16(18)17(26)20-7-6-13(22)19-8-9-32-15(25)10-12(21)4-5-14(23)24/h4-5,16H,6-11H2,1-3H3,(H,19,22)(H,20,26)(H,23,24)/b5-4+/t16-,31?/m0/s1. The summed E-state index contributed by atoms with van der Waals surface area (Å²) in [6.07, 6.45) is -0.0773. The van der Waals surface area contributed by atoms with Crippen molar-refractivity contribution in [3.05, 3.63) is 12.2 Å². The van der Waals surface area contributed by atoms with Crippen LogP contribution >= 0.6 is 19.6 Å². The van der Waals surface area contributed by atoms with Crippen LogP contribution in [0.2, 0.25) is 0 Å². The van der Waals surface area contributed by atoms with Crippen molar-refractivity contribution in [2.75, 3.05) is 32.6 Å². The van der Waals surface area contributed by atoms with E-state index in [1.54, 1.807) is 13.8 Å². The topological polar surface area (TPSA) is 174 Å². The Labute approximate surface area is 189 Å². The zero-order valence-electron chi connectivity index (χ0n) is 18.0. The maximum absolute atomic E-state index is 12.4. The highest BCUT2D eigenvalue weighted by molar-refractivity contribution is 8.13. The van der Waals surface area contributed by atoms with Crippen LogP contribution in [0.4, 0.5) is 0 Å². The minimum Gasteiger partial charge on any atom is -0.478 e. The third-order valence-electron chi connectivity index (χ3n) is 4.07. The minimum atomic E-state index is -3.80. The molecule has 3 N–H and O–H groups in total. The lowest BCUT2D eigenvalue weighted by molar-refractivity contribution is -0.141. The molecule has 14 heteroatoms. The van der Waals surface area contributed by atoms with Crippen LogP contribution in [0.3, 0.4) is 0 Å². The van der Waals surface area contributed by atoms with Crippen molar-refractivity contribution in [3.8, 4) is 0 Å². The van der Waals surface area contributed by atoms with Gasteiger partial charge in [0.25, 0.3) is 0 Å². The fourth-order valence-corrected chi connectivity index (χ4v) is 4.43. The van der Waals surface area contributed by atoms with E-state index in [1.807, 2.05) is 0 Å². The summed E-state index contributed by atoms with van der Waals surface area (Å²) < 4.78 is 27.1. The number of nitrogens with one attached hydrogen (secondary N) is 2. The van der Waals surface area contributed by atoms with Gasteiger partial charge >= 0.3 is 13.8 Å². The van der Waals surface area contributed by atoms with Crippen molar-refractivity contribution < 1.29 is 47.2 Å². The quantitative estimate of drug-likeness (QED) is 0.150. The number of allylic oxidation sites excluding steroid dienone is 1. The smallest absolute Gasteiger partial charge is 0.475 e. The molecule has 1 heterocycles. The molecule has 0 spiro atoms. The molecule has 0 aromatic heterocycles. The molecule has 1 rings (SSSR count). The summed E-state index contributed by atoms with van der Waals surface area (Å²) in [5, 5.41) is 13.1. The van der Waals surface area contributed by atoms with Gasteiger partial charge in [-0.15, -0.1) is 0 Å². The van der Waals surface area contributed by atoms with Crippen molar-refractivity contribution in [1.29, 1.82) is 0 Å². The minimum absolute atomic E-state index is 0.00544. The number of phosphoric ester groups is 1. The van der Waals surface area contributed by atoms with E-state index in [0.29, 0.717) is 6.08 Å². The number of carbonyl (C=O) groups is 5. The summed E-state index contributed by atoms with van der Waals surface area (Å²) in [6.45, 7) is 3.58. The van der Waals surface area contributed by atoms with Crippen molar-refractivity contribution in [2.24, 2.45) is 5.41 Å². The highest BCUT2D eigenvalue weighted by atomic mass is 32.2. The molecule has 0 aromatic rings. The van der Waals surface area contributed by atoms with Gasteiger partial charge in [0.15, 0.2) is 17.0 Å². The van der Waals surface area contributed by atoms with E-state index in [1.165, 1.54) is 0 Å². The van der Waals surface area contributed by atoms with Crippen molar-refractivity contribution in [2.45, 2.75) is 32.8 Å². The summed E-state index contributed by atoms with van der Waals surface area (Å²) in [6, 6.07) is 0. The van der Waals surface area contributed by atoms with Crippen LogP contribution in [0.1, 0.15) is 26.7 Å². The van der Waals surface area contributed by atoms with Crippen LogP contribution in [0, 0.1) is 5.41 Å². The van der Waals surface area contributed by atoms with Crippen molar-refractivity contribution >= 4 is 48.3 Å². The molecular formula is C18H27N2O10PS. The van der Waals surface area contributed by atoms with Crippen molar-refractivity contribution in [1.82, 2.24) is 10.6 Å². The van der Waals surface area contributed by atoms with Gasteiger partial charge in [0, 0.05) is 43.9 Å². The number of carbonyl (C=O) groups excluding carboxylic acids is 4. The first-order chi connectivity index (χ1) is 14.9. The van der Waals surface area contributed by atoms with E-state index in [4.69, 9.17) is 18.7 Å². The molecule has 0 aliphatic carbocycles. The summed E-state index contributed by atoms with van der Waals surface area (Å²) in [5.74, 6) is -2.59. The average molecular weight is 494 g/mol. The number of hydrogen-bond acceptors (Lipinski definition) is 10. The van der Waals surface area contributed by atoms with Crippen LogP contribution in [-0.4, -0.2) is 72.5 Å². The van der Waals surface area contributed by atoms with Crippen LogP contribution < -0.4 is 10.6 Å². The molecule has 12 nitrogen and oxygen atoms in total. The molecule has 32 heavy (non-hydrogen) atoms. The van der Waals surface area contributed by atoms with E-state index in [9.17, 15) is 28.5 Å². The third kappa shape index (κ3) is 10.0. The van der Waals surface area contributed by atoms with E-state index in [0.717, 1.165) is 24.9 Å². The Morgan fingerprint density at radius 2 is 1.88 bits per heavy atom. The Morgan fingerprint density at radius 3 is 2.50 bits per heavy atom. The Morgan fingerprint density at radius 1 is 1.19 bits per heavy atom. The monoisotopic (exact) mass is 494 g/mol. The summed E-state index contributed by atoms with van der Waals surface area (Å²) in [5.41, 5.74) is -0.757. The Kier molecular flexibility index (Phi) is 11.2. The van der Waals surface area contributed by atoms with Gasteiger partial charge in [-0.3, -0.25) is 32.7 Å². The van der Waals surface area contributed by atoms with Gasteiger partial charge in [0.1, 0.15) is 0 Å². The predicted molar refractivity (Wildman–Crippen MR) is 114 cm³/mol. The summed E-state index contributed by atoms with van der Waals surface area (Å²) in [7, 11) is -2.65. The number of phosphoric acid groups is 1. The fraction of sp³-hybridized carbons (Fsp3) is 0.611. The first-order valence-corrected chi connectivity index (χ1v) is 12.0. The first-order valence-electron chi connectivity index (χ1n) is 9.51. The van der Waals surface area contributed by atoms with Crippen LogP contribution in [0.25, 0.3) is 0 Å². The SMILES string of the molecule is COP1(=O)OCC(C)(C)[C@H](C(=O)NCCC(=O)NCCSC(=O)CC(=O)/C=C/C(=O)O)O1. The molecule has 0 aromatic carbocycles. The van der Waals surface area contributed by atoms with Gasteiger partial charge in [-0.2, -0.15) is 0 Å². The molecular weight excluding hydrogens is 467 g/mol. The number of carboxylic acid groups (broad SMARTS) is 1. The van der Waals surface area contributed by atoms with Gasteiger partial charge in [-0.05, 0) is 6.08 Å². The van der Waals surface area contributed by atoms with E-state index in [-0.39, 0.29) is 37.8 Å². The molecule has 180 valence electrons. The lowest BCUT2D eigenvalue weighted by Gasteiger charge is -2.39. The van der Waals surface area contributed by atoms with E-state index < -0.39 is 48.5 Å². The second-order valence-corrected chi connectivity index (χ2v) is 10.2. The predicted octanol–water partition coefficient (Wildman–Crippen LogP) is 0.665. The lowest BCUT2D eigenvalue weighted by Crippen LogP contribution is -2.50. The number of hydrogen-bond donors (Lipinski definition) is 3. The zero-order valence-corrected chi connectivity index (χ0v) is 19.7. The van der Waals surface area contributed by atoms with Crippen LogP contribution in [0.15, 0.2) is 12.2 Å². The van der Waals surface area contributed by atoms with Crippen LogP contribution in [0.5, 0.6) is 0 Å². The molecule has 0 bridgehead atoms. The Balaban J connectivity index is 2.27. The van der Waals surface area contributed by atoms with Gasteiger partial charge in [-0.1, -0.05) is 25.6 Å². The van der Waals surface area contributed by atoms with Gasteiger partial charge in [-0.25, -0.2) is 9.36 Å².